The molecule has 1 fully saturated rings. The van der Waals surface area contributed by atoms with Crippen LogP contribution in [0.5, 0.6) is 0 Å². The molecule has 32 heavy (non-hydrogen) atoms. The third kappa shape index (κ3) is 5.25. The maximum atomic E-state index is 13.2. The van der Waals surface area contributed by atoms with Crippen molar-refractivity contribution in [3.63, 3.8) is 0 Å². The number of rotatable bonds is 6. The van der Waals surface area contributed by atoms with Crippen molar-refractivity contribution in [3.8, 4) is 11.4 Å². The molecule has 1 aliphatic rings. The highest BCUT2D eigenvalue weighted by Crippen LogP contribution is 2.26. The van der Waals surface area contributed by atoms with Gasteiger partial charge in [-0.2, -0.15) is 0 Å². The summed E-state index contributed by atoms with van der Waals surface area (Å²) in [6, 6.07) is 11.6. The van der Waals surface area contributed by atoms with Crippen LogP contribution in [0.3, 0.4) is 0 Å². The van der Waals surface area contributed by atoms with E-state index in [0.717, 1.165) is 36.9 Å². The van der Waals surface area contributed by atoms with Crippen LogP contribution in [0.4, 0.5) is 5.82 Å². The Morgan fingerprint density at radius 1 is 1.00 bits per heavy atom. The third-order valence-corrected chi connectivity index (χ3v) is 5.68. The van der Waals surface area contributed by atoms with Gasteiger partial charge in [0.1, 0.15) is 17.2 Å². The minimum atomic E-state index is -0.0765. The molecule has 3 aromatic rings. The Labute approximate surface area is 187 Å². The molecule has 0 unspecified atom stereocenters. The Kier molecular flexibility index (Phi) is 6.99. The number of hydrogen-bond acceptors (Lipinski definition) is 5. The van der Waals surface area contributed by atoms with E-state index in [1.165, 1.54) is 26.2 Å². The average molecular weight is 435 g/mol. The van der Waals surface area contributed by atoms with Gasteiger partial charge in [0.25, 0.3) is 5.91 Å². The fraction of sp³-hybridized carbons (Fsp3) is 0.417. The molecule has 0 bridgehead atoms. The summed E-state index contributed by atoms with van der Waals surface area (Å²) in [5.74, 6) is 1.15. The second-order valence-corrected chi connectivity index (χ2v) is 8.18. The molecule has 3 heterocycles. The van der Waals surface area contributed by atoms with E-state index in [4.69, 9.17) is 9.97 Å². The van der Waals surface area contributed by atoms with E-state index in [1.54, 1.807) is 0 Å². The van der Waals surface area contributed by atoms with Crippen molar-refractivity contribution in [1.29, 1.82) is 0 Å². The van der Waals surface area contributed by atoms with Crippen LogP contribution in [-0.2, 0) is 4.79 Å². The lowest BCUT2D eigenvalue weighted by atomic mass is 10.1. The molecular weight excluding hydrogens is 404 g/mol. The molecule has 0 spiro atoms. The van der Waals surface area contributed by atoms with Crippen molar-refractivity contribution < 1.29 is 9.59 Å². The van der Waals surface area contributed by atoms with E-state index in [-0.39, 0.29) is 11.8 Å². The van der Waals surface area contributed by atoms with E-state index in [9.17, 15) is 9.59 Å². The molecule has 2 aromatic heterocycles. The smallest absolute Gasteiger partial charge is 0.270 e. The van der Waals surface area contributed by atoms with Crippen LogP contribution in [0.25, 0.3) is 22.4 Å². The molecule has 0 radical (unpaired) electrons. The Hall–Kier alpha value is -3.42. The molecule has 1 saturated heterocycles. The molecule has 2 amide bonds. The van der Waals surface area contributed by atoms with E-state index >= 15 is 0 Å². The maximum Gasteiger partial charge on any atom is 0.270 e. The Morgan fingerprint density at radius 2 is 1.72 bits per heavy atom. The summed E-state index contributed by atoms with van der Waals surface area (Å²) in [6.07, 6.45) is 5.68. The lowest BCUT2D eigenvalue weighted by Crippen LogP contribution is -2.34. The highest BCUT2D eigenvalue weighted by molar-refractivity contribution is 6.00. The van der Waals surface area contributed by atoms with Crippen molar-refractivity contribution in [1.82, 2.24) is 25.2 Å². The normalized spacial score (nSPS) is 14.6. The number of carbonyl (C=O) groups excluding carboxylic acids is 2. The quantitative estimate of drug-likeness (QED) is 0.515. The number of carbonyl (C=O) groups is 2. The minimum absolute atomic E-state index is 0.00959. The number of anilines is 1. The van der Waals surface area contributed by atoms with Crippen molar-refractivity contribution in [2.75, 3.05) is 31.5 Å². The van der Waals surface area contributed by atoms with Gasteiger partial charge < -0.3 is 20.5 Å². The number of hydrogen-bond donors (Lipinski definition) is 3. The van der Waals surface area contributed by atoms with Gasteiger partial charge >= 0.3 is 0 Å². The first kappa shape index (κ1) is 21.8. The van der Waals surface area contributed by atoms with Gasteiger partial charge in [0.2, 0.25) is 5.91 Å². The van der Waals surface area contributed by atoms with Gasteiger partial charge in [-0.25, -0.2) is 9.97 Å². The molecule has 1 aliphatic heterocycles. The number of H-pyrrole nitrogens is 1. The summed E-state index contributed by atoms with van der Waals surface area (Å²) in [4.78, 5) is 39.0. The van der Waals surface area contributed by atoms with Gasteiger partial charge in [-0.3, -0.25) is 9.59 Å². The SMILES string of the molecule is CC(=O)NCCNc1nc(-c2ccccc2)nc2[nH]c(C(=O)N3CCCCCCC3)cc12. The number of nitrogens with zero attached hydrogens (tertiary/aromatic N) is 3. The zero-order valence-corrected chi connectivity index (χ0v) is 18.5. The number of benzene rings is 1. The van der Waals surface area contributed by atoms with Crippen LogP contribution in [0.15, 0.2) is 36.4 Å². The molecular formula is C24H30N6O2. The second-order valence-electron chi connectivity index (χ2n) is 8.18. The largest absolute Gasteiger partial charge is 0.368 e. The zero-order chi connectivity index (χ0) is 22.3. The van der Waals surface area contributed by atoms with Gasteiger partial charge in [0.05, 0.1) is 5.39 Å². The minimum Gasteiger partial charge on any atom is -0.368 e. The standard InChI is InChI=1S/C24H30N6O2/c1-17(31)25-12-13-26-22-19-16-20(24(32)30-14-8-3-2-4-9-15-30)27-23(19)29-21(28-22)18-10-6-5-7-11-18/h5-7,10-11,16H,2-4,8-9,12-15H2,1H3,(H,25,31)(H2,26,27,28,29). The van der Waals surface area contributed by atoms with Crippen molar-refractivity contribution in [3.05, 3.63) is 42.1 Å². The monoisotopic (exact) mass is 434 g/mol. The third-order valence-electron chi connectivity index (χ3n) is 5.68. The molecule has 3 N–H and O–H groups in total. The van der Waals surface area contributed by atoms with Crippen LogP contribution in [0.1, 0.15) is 49.5 Å². The fourth-order valence-electron chi connectivity index (χ4n) is 4.02. The summed E-state index contributed by atoms with van der Waals surface area (Å²) in [6.45, 7) is 4.06. The molecule has 0 aliphatic carbocycles. The molecule has 4 rings (SSSR count). The van der Waals surface area contributed by atoms with Crippen LogP contribution >= 0.6 is 0 Å². The van der Waals surface area contributed by atoms with E-state index in [2.05, 4.69) is 15.6 Å². The fourth-order valence-corrected chi connectivity index (χ4v) is 4.02. The summed E-state index contributed by atoms with van der Waals surface area (Å²) in [5, 5.41) is 6.83. The van der Waals surface area contributed by atoms with Crippen LogP contribution < -0.4 is 10.6 Å². The summed E-state index contributed by atoms with van der Waals surface area (Å²) >= 11 is 0. The maximum absolute atomic E-state index is 13.2. The average Bonchev–Trinajstić information content (AvgIpc) is 3.21. The number of nitrogens with one attached hydrogen (secondary N) is 3. The van der Waals surface area contributed by atoms with Crippen LogP contribution in [-0.4, -0.2) is 57.8 Å². The van der Waals surface area contributed by atoms with Gasteiger partial charge in [-0.1, -0.05) is 49.6 Å². The molecule has 168 valence electrons. The van der Waals surface area contributed by atoms with Crippen molar-refractivity contribution in [2.45, 2.75) is 39.0 Å². The van der Waals surface area contributed by atoms with Gasteiger partial charge in [0.15, 0.2) is 5.82 Å². The number of aromatic amines is 1. The number of amides is 2. The Balaban J connectivity index is 1.65. The second kappa shape index (κ2) is 10.3. The summed E-state index contributed by atoms with van der Waals surface area (Å²) < 4.78 is 0. The van der Waals surface area contributed by atoms with Crippen LogP contribution in [0, 0.1) is 0 Å². The number of aromatic nitrogens is 3. The molecule has 0 atom stereocenters. The number of fused-ring (bicyclic) bond motifs is 1. The first-order valence-electron chi connectivity index (χ1n) is 11.4. The first-order valence-corrected chi connectivity index (χ1v) is 11.4. The van der Waals surface area contributed by atoms with Gasteiger partial charge in [-0.05, 0) is 18.9 Å². The predicted molar refractivity (Wildman–Crippen MR) is 125 cm³/mol. The van der Waals surface area contributed by atoms with Crippen molar-refractivity contribution in [2.24, 2.45) is 0 Å². The first-order chi connectivity index (χ1) is 15.6. The lowest BCUT2D eigenvalue weighted by Gasteiger charge is -2.24. The predicted octanol–water partition coefficient (Wildman–Crippen LogP) is 3.58. The topological polar surface area (TPSA) is 103 Å². The Morgan fingerprint density at radius 3 is 2.44 bits per heavy atom. The molecule has 8 heteroatoms. The van der Waals surface area contributed by atoms with E-state index in [1.807, 2.05) is 41.3 Å². The van der Waals surface area contributed by atoms with E-state index in [0.29, 0.717) is 36.1 Å². The van der Waals surface area contributed by atoms with Crippen molar-refractivity contribution >= 4 is 28.7 Å². The molecule has 0 saturated carbocycles. The van der Waals surface area contributed by atoms with Gasteiger partial charge in [0, 0.05) is 38.7 Å². The van der Waals surface area contributed by atoms with Gasteiger partial charge in [-0.15, -0.1) is 0 Å². The summed E-state index contributed by atoms with van der Waals surface area (Å²) in [7, 11) is 0. The molecule has 1 aromatic carbocycles. The lowest BCUT2D eigenvalue weighted by molar-refractivity contribution is -0.118. The van der Waals surface area contributed by atoms with E-state index < -0.39 is 0 Å². The van der Waals surface area contributed by atoms with Crippen LogP contribution in [0.2, 0.25) is 0 Å². The summed E-state index contributed by atoms with van der Waals surface area (Å²) in [5.41, 5.74) is 2.05. The Bertz CT molecular complexity index is 1070. The highest BCUT2D eigenvalue weighted by atomic mass is 16.2. The highest BCUT2D eigenvalue weighted by Gasteiger charge is 2.21. The number of likely N-dealkylation sites (tertiary alicyclic amines) is 1. The zero-order valence-electron chi connectivity index (χ0n) is 18.5. The molecule has 8 nitrogen and oxygen atoms in total.